The van der Waals surface area contributed by atoms with Crippen molar-refractivity contribution in [2.75, 3.05) is 26.2 Å². The molecular weight excluding hydrogens is 258 g/mol. The highest BCUT2D eigenvalue weighted by Gasteiger charge is 2.11. The lowest BCUT2D eigenvalue weighted by Crippen LogP contribution is -2.36. The van der Waals surface area contributed by atoms with Crippen LogP contribution in [-0.2, 0) is 11.3 Å². The number of carbonyl (C=O) groups is 2. The molecule has 0 saturated carbocycles. The number of aromatic carboxylic acids is 1. The monoisotopic (exact) mass is 281 g/mol. The molecule has 1 aromatic heterocycles. The summed E-state index contributed by atoms with van der Waals surface area (Å²) in [5.41, 5.74) is 0.126. The van der Waals surface area contributed by atoms with Crippen molar-refractivity contribution in [3.63, 3.8) is 0 Å². The number of nitrogens with zero attached hydrogens (tertiary/aromatic N) is 2. The van der Waals surface area contributed by atoms with Crippen LogP contribution in [0.3, 0.4) is 0 Å². The third-order valence-corrected chi connectivity index (χ3v) is 3.10. The Hall–Kier alpha value is -1.82. The van der Waals surface area contributed by atoms with Gasteiger partial charge < -0.3 is 19.9 Å². The summed E-state index contributed by atoms with van der Waals surface area (Å²) in [6.45, 7) is 7.63. The number of carbonyl (C=O) groups excluding carboxylic acids is 1. The summed E-state index contributed by atoms with van der Waals surface area (Å²) in [4.78, 5) is 25.0. The highest BCUT2D eigenvalue weighted by molar-refractivity contribution is 5.86. The first kappa shape index (κ1) is 16.2. The number of likely N-dealkylation sites (N-methyl/N-ethyl adjacent to an activating group) is 1. The van der Waals surface area contributed by atoms with Crippen LogP contribution in [0, 0.1) is 0 Å². The number of rotatable bonds is 9. The van der Waals surface area contributed by atoms with Crippen LogP contribution >= 0.6 is 0 Å². The van der Waals surface area contributed by atoms with E-state index in [9.17, 15) is 9.59 Å². The second-order valence-electron chi connectivity index (χ2n) is 4.61. The van der Waals surface area contributed by atoms with Gasteiger partial charge in [0, 0.05) is 19.3 Å². The number of aromatic nitrogens is 1. The molecule has 20 heavy (non-hydrogen) atoms. The van der Waals surface area contributed by atoms with Gasteiger partial charge in [-0.15, -0.1) is 0 Å². The fraction of sp³-hybridized carbons (Fsp3) is 0.571. The zero-order chi connectivity index (χ0) is 15.0. The van der Waals surface area contributed by atoms with E-state index < -0.39 is 5.97 Å². The number of hydrogen-bond donors (Lipinski definition) is 2. The van der Waals surface area contributed by atoms with E-state index in [0.717, 1.165) is 26.1 Å². The lowest BCUT2D eigenvalue weighted by molar-refractivity contribution is -0.121. The minimum atomic E-state index is -1.03. The summed E-state index contributed by atoms with van der Waals surface area (Å²) >= 11 is 0. The number of carboxylic acid groups (broad SMARTS) is 1. The molecule has 1 aromatic rings. The Bertz CT molecular complexity index is 443. The maximum atomic E-state index is 11.8. The van der Waals surface area contributed by atoms with E-state index in [1.165, 1.54) is 10.6 Å². The molecule has 6 nitrogen and oxygen atoms in total. The van der Waals surface area contributed by atoms with Crippen LogP contribution in [0.1, 0.15) is 30.8 Å². The summed E-state index contributed by atoms with van der Waals surface area (Å²) < 4.78 is 1.43. The molecule has 0 fully saturated rings. The summed E-state index contributed by atoms with van der Waals surface area (Å²) in [5.74, 6) is -1.20. The molecule has 0 saturated heterocycles. The minimum absolute atomic E-state index is 0.0362. The van der Waals surface area contributed by atoms with Crippen LogP contribution < -0.4 is 5.32 Å². The Balaban J connectivity index is 2.37. The van der Waals surface area contributed by atoms with Crippen LogP contribution in [-0.4, -0.2) is 52.6 Å². The number of carboxylic acids is 1. The third-order valence-electron chi connectivity index (χ3n) is 3.10. The van der Waals surface area contributed by atoms with Gasteiger partial charge in [0.15, 0.2) is 0 Å². The van der Waals surface area contributed by atoms with E-state index in [4.69, 9.17) is 5.11 Å². The molecule has 1 rings (SSSR count). The predicted molar refractivity (Wildman–Crippen MR) is 76.8 cm³/mol. The van der Waals surface area contributed by atoms with Crippen molar-refractivity contribution >= 4 is 11.9 Å². The second kappa shape index (κ2) is 8.37. The molecule has 0 spiro atoms. The molecule has 0 aliphatic rings. The van der Waals surface area contributed by atoms with Gasteiger partial charge in [-0.1, -0.05) is 13.8 Å². The molecule has 0 unspecified atom stereocenters. The predicted octanol–water partition coefficient (Wildman–Crippen LogP) is 1.03. The molecule has 0 radical (unpaired) electrons. The largest absolute Gasteiger partial charge is 0.477 e. The summed E-state index contributed by atoms with van der Waals surface area (Å²) in [6.07, 6.45) is 2.69. The van der Waals surface area contributed by atoms with Crippen LogP contribution in [0.15, 0.2) is 18.3 Å². The Morgan fingerprint density at radius 3 is 2.70 bits per heavy atom. The van der Waals surface area contributed by atoms with Crippen molar-refractivity contribution in [3.8, 4) is 0 Å². The Kier molecular flexibility index (Phi) is 6.79. The third kappa shape index (κ3) is 5.05. The average molecular weight is 281 g/mol. The van der Waals surface area contributed by atoms with Crippen LogP contribution in [0.4, 0.5) is 0 Å². The first-order valence-electron chi connectivity index (χ1n) is 6.96. The van der Waals surface area contributed by atoms with Crippen LogP contribution in [0.2, 0.25) is 0 Å². The Morgan fingerprint density at radius 2 is 2.10 bits per heavy atom. The van der Waals surface area contributed by atoms with E-state index in [2.05, 4.69) is 24.1 Å². The van der Waals surface area contributed by atoms with Gasteiger partial charge in [0.2, 0.25) is 5.91 Å². The summed E-state index contributed by atoms with van der Waals surface area (Å²) in [7, 11) is 0. The fourth-order valence-electron chi connectivity index (χ4n) is 2.05. The van der Waals surface area contributed by atoms with Crippen molar-refractivity contribution in [1.82, 2.24) is 14.8 Å². The van der Waals surface area contributed by atoms with Gasteiger partial charge in [-0.25, -0.2) is 4.79 Å². The Labute approximate surface area is 119 Å². The van der Waals surface area contributed by atoms with Crippen LogP contribution in [0.25, 0.3) is 0 Å². The van der Waals surface area contributed by atoms with Gasteiger partial charge in [0.1, 0.15) is 12.2 Å². The zero-order valence-electron chi connectivity index (χ0n) is 12.1. The van der Waals surface area contributed by atoms with Crippen LogP contribution in [0.5, 0.6) is 0 Å². The second-order valence-corrected chi connectivity index (χ2v) is 4.61. The summed E-state index contributed by atoms with van der Waals surface area (Å²) in [6, 6.07) is 3.10. The van der Waals surface area contributed by atoms with Crippen molar-refractivity contribution in [2.45, 2.75) is 26.8 Å². The number of amides is 1. The quantitative estimate of drug-likeness (QED) is 0.709. The van der Waals surface area contributed by atoms with Gasteiger partial charge in [0.25, 0.3) is 0 Å². The highest BCUT2D eigenvalue weighted by atomic mass is 16.4. The SMILES string of the molecule is CCCN(CC)CCNC(=O)Cn1cccc1C(=O)O. The molecule has 0 atom stereocenters. The maximum Gasteiger partial charge on any atom is 0.352 e. The summed E-state index contributed by atoms with van der Waals surface area (Å²) in [5, 5.41) is 11.8. The van der Waals surface area contributed by atoms with Crippen molar-refractivity contribution in [1.29, 1.82) is 0 Å². The van der Waals surface area contributed by atoms with Gasteiger partial charge in [-0.2, -0.15) is 0 Å². The molecule has 0 aliphatic carbocycles. The zero-order valence-corrected chi connectivity index (χ0v) is 12.1. The molecule has 2 N–H and O–H groups in total. The van der Waals surface area contributed by atoms with Gasteiger partial charge in [-0.05, 0) is 31.6 Å². The number of nitrogens with one attached hydrogen (secondary N) is 1. The van der Waals surface area contributed by atoms with Crippen molar-refractivity contribution in [3.05, 3.63) is 24.0 Å². The maximum absolute atomic E-state index is 11.8. The average Bonchev–Trinajstić information content (AvgIpc) is 2.85. The van der Waals surface area contributed by atoms with Gasteiger partial charge in [0.05, 0.1) is 0 Å². The molecule has 1 amide bonds. The molecule has 0 aliphatic heterocycles. The van der Waals surface area contributed by atoms with E-state index in [0.29, 0.717) is 6.54 Å². The fourth-order valence-corrected chi connectivity index (χ4v) is 2.05. The van der Waals surface area contributed by atoms with E-state index in [1.54, 1.807) is 12.3 Å². The van der Waals surface area contributed by atoms with E-state index in [1.807, 2.05) is 0 Å². The normalized spacial score (nSPS) is 10.8. The highest BCUT2D eigenvalue weighted by Crippen LogP contribution is 2.01. The van der Waals surface area contributed by atoms with Gasteiger partial charge >= 0.3 is 5.97 Å². The Morgan fingerprint density at radius 1 is 1.35 bits per heavy atom. The van der Waals surface area contributed by atoms with Crippen molar-refractivity contribution < 1.29 is 14.7 Å². The standard InChI is InChI=1S/C14H23N3O3/c1-3-8-16(4-2)10-7-15-13(18)11-17-9-5-6-12(17)14(19)20/h5-6,9H,3-4,7-8,10-11H2,1-2H3,(H,15,18)(H,19,20). The minimum Gasteiger partial charge on any atom is -0.477 e. The van der Waals surface area contributed by atoms with Gasteiger partial charge in [-0.3, -0.25) is 4.79 Å². The molecule has 0 bridgehead atoms. The smallest absolute Gasteiger partial charge is 0.352 e. The molecule has 112 valence electrons. The molecular formula is C14H23N3O3. The van der Waals surface area contributed by atoms with E-state index >= 15 is 0 Å². The lowest BCUT2D eigenvalue weighted by atomic mass is 10.4. The first-order valence-corrected chi connectivity index (χ1v) is 6.96. The van der Waals surface area contributed by atoms with Crippen molar-refractivity contribution in [2.24, 2.45) is 0 Å². The van der Waals surface area contributed by atoms with E-state index in [-0.39, 0.29) is 18.1 Å². The topological polar surface area (TPSA) is 74.6 Å². The molecule has 1 heterocycles. The lowest BCUT2D eigenvalue weighted by Gasteiger charge is -2.19. The molecule has 6 heteroatoms. The first-order chi connectivity index (χ1) is 9.58. The number of hydrogen-bond acceptors (Lipinski definition) is 3. The molecule has 0 aromatic carbocycles.